The van der Waals surface area contributed by atoms with Gasteiger partial charge >= 0.3 is 0 Å². The molecule has 0 aliphatic rings. The number of sulfone groups is 1. The maximum atomic E-state index is 12.5. The first-order valence-electron chi connectivity index (χ1n) is 5.56. The second-order valence-electron chi connectivity index (χ2n) is 4.06. The van der Waals surface area contributed by atoms with Crippen molar-refractivity contribution in [3.05, 3.63) is 64.6 Å². The van der Waals surface area contributed by atoms with Gasteiger partial charge < -0.3 is 0 Å². The van der Waals surface area contributed by atoms with Gasteiger partial charge in [-0.2, -0.15) is 0 Å². The highest BCUT2D eigenvalue weighted by Gasteiger charge is 2.24. The van der Waals surface area contributed by atoms with E-state index in [1.54, 1.807) is 25.1 Å². The number of benzene rings is 2. The van der Waals surface area contributed by atoms with Crippen molar-refractivity contribution in [2.24, 2.45) is 0 Å². The third kappa shape index (κ3) is 2.65. The van der Waals surface area contributed by atoms with Crippen LogP contribution in [0.15, 0.2) is 64.0 Å². The minimum Gasteiger partial charge on any atom is -0.223 e. The highest BCUT2D eigenvalue weighted by Crippen LogP contribution is 2.29. The van der Waals surface area contributed by atoms with Crippen molar-refractivity contribution in [1.82, 2.24) is 0 Å². The molecule has 4 heteroatoms. The molecule has 94 valence electrons. The van der Waals surface area contributed by atoms with Crippen LogP contribution in [0.2, 0.25) is 0 Å². The Hall–Kier alpha value is -1.13. The Morgan fingerprint density at radius 3 is 2.28 bits per heavy atom. The van der Waals surface area contributed by atoms with E-state index in [2.05, 4.69) is 15.9 Å². The maximum Gasteiger partial charge on any atom is 0.185 e. The van der Waals surface area contributed by atoms with Crippen LogP contribution in [0, 0.1) is 0 Å². The Kier molecular flexibility index (Phi) is 3.88. The lowest BCUT2D eigenvalue weighted by Crippen LogP contribution is -2.10. The summed E-state index contributed by atoms with van der Waals surface area (Å²) in [7, 11) is -3.34. The molecule has 0 aliphatic carbocycles. The molecule has 2 aromatic rings. The number of hydrogen-bond donors (Lipinski definition) is 0. The molecule has 0 saturated heterocycles. The molecule has 18 heavy (non-hydrogen) atoms. The topological polar surface area (TPSA) is 34.1 Å². The number of halogens is 1. The first-order valence-corrected chi connectivity index (χ1v) is 7.90. The molecule has 0 bridgehead atoms. The summed E-state index contributed by atoms with van der Waals surface area (Å²) >= 11 is 3.30. The maximum absolute atomic E-state index is 12.5. The number of rotatable bonds is 3. The average Bonchev–Trinajstić information content (AvgIpc) is 2.39. The smallest absolute Gasteiger partial charge is 0.185 e. The second kappa shape index (κ2) is 5.24. The molecule has 0 aliphatic heterocycles. The van der Waals surface area contributed by atoms with E-state index in [1.165, 1.54) is 0 Å². The molecule has 0 heterocycles. The van der Waals surface area contributed by atoms with Crippen LogP contribution in [0.3, 0.4) is 0 Å². The first-order chi connectivity index (χ1) is 8.51. The summed E-state index contributed by atoms with van der Waals surface area (Å²) in [5.74, 6) is 0. The molecule has 0 radical (unpaired) electrons. The summed E-state index contributed by atoms with van der Waals surface area (Å²) in [6.45, 7) is 1.71. The van der Waals surface area contributed by atoms with Gasteiger partial charge in [-0.25, -0.2) is 8.42 Å². The average molecular weight is 325 g/mol. The summed E-state index contributed by atoms with van der Waals surface area (Å²) in [6.07, 6.45) is 0. The molecular formula is C14H13BrO2S. The molecule has 2 nitrogen and oxygen atoms in total. The highest BCUT2D eigenvalue weighted by atomic mass is 79.9. The SMILES string of the molecule is CC(c1ccccc1)S(=O)(=O)c1cccc(Br)c1. The van der Waals surface area contributed by atoms with Gasteiger partial charge in [0.25, 0.3) is 0 Å². The van der Waals surface area contributed by atoms with Gasteiger partial charge in [0, 0.05) is 4.47 Å². The summed E-state index contributed by atoms with van der Waals surface area (Å²) in [5, 5.41) is -0.548. The van der Waals surface area contributed by atoms with E-state index in [9.17, 15) is 8.42 Å². The summed E-state index contributed by atoms with van der Waals surface area (Å²) in [5.41, 5.74) is 0.803. The molecule has 0 saturated carbocycles. The van der Waals surface area contributed by atoms with Crippen LogP contribution in [-0.2, 0) is 9.84 Å². The lowest BCUT2D eigenvalue weighted by molar-refractivity contribution is 0.586. The number of hydrogen-bond acceptors (Lipinski definition) is 2. The third-order valence-corrected chi connectivity index (χ3v) is 5.47. The Balaban J connectivity index is 2.44. The van der Waals surface area contributed by atoms with Gasteiger partial charge in [-0.3, -0.25) is 0 Å². The van der Waals surface area contributed by atoms with Crippen LogP contribution in [0.4, 0.5) is 0 Å². The van der Waals surface area contributed by atoms with Crippen molar-refractivity contribution in [1.29, 1.82) is 0 Å². The lowest BCUT2D eigenvalue weighted by Gasteiger charge is -2.13. The van der Waals surface area contributed by atoms with E-state index in [1.807, 2.05) is 36.4 Å². The predicted molar refractivity (Wildman–Crippen MR) is 76.2 cm³/mol. The van der Waals surface area contributed by atoms with Gasteiger partial charge in [-0.15, -0.1) is 0 Å². The molecule has 0 fully saturated rings. The first kappa shape index (κ1) is 13.3. The molecule has 0 spiro atoms. The van der Waals surface area contributed by atoms with Crippen molar-refractivity contribution in [3.63, 3.8) is 0 Å². The molecule has 0 aromatic heterocycles. The van der Waals surface area contributed by atoms with Gasteiger partial charge in [-0.05, 0) is 30.7 Å². The fourth-order valence-electron chi connectivity index (χ4n) is 1.75. The third-order valence-electron chi connectivity index (χ3n) is 2.86. The second-order valence-corrected chi connectivity index (χ2v) is 7.24. The van der Waals surface area contributed by atoms with Crippen molar-refractivity contribution < 1.29 is 8.42 Å². The molecular weight excluding hydrogens is 312 g/mol. The van der Waals surface area contributed by atoms with Crippen LogP contribution in [-0.4, -0.2) is 8.42 Å². The predicted octanol–water partition coefficient (Wildman–Crippen LogP) is 3.98. The molecule has 2 aromatic carbocycles. The zero-order valence-corrected chi connectivity index (χ0v) is 12.3. The minimum atomic E-state index is -3.34. The largest absolute Gasteiger partial charge is 0.223 e. The lowest BCUT2D eigenvalue weighted by atomic mass is 10.2. The Labute approximate surface area is 116 Å². The van der Waals surface area contributed by atoms with E-state index in [0.29, 0.717) is 4.90 Å². The van der Waals surface area contributed by atoms with Gasteiger partial charge in [0.1, 0.15) is 0 Å². The zero-order chi connectivity index (χ0) is 13.2. The van der Waals surface area contributed by atoms with E-state index in [-0.39, 0.29) is 0 Å². The summed E-state index contributed by atoms with van der Waals surface area (Å²) in [6, 6.07) is 16.0. The summed E-state index contributed by atoms with van der Waals surface area (Å²) in [4.78, 5) is 0.341. The summed E-state index contributed by atoms with van der Waals surface area (Å²) < 4.78 is 25.7. The van der Waals surface area contributed by atoms with Crippen molar-refractivity contribution in [3.8, 4) is 0 Å². The van der Waals surface area contributed by atoms with Crippen LogP contribution in [0.25, 0.3) is 0 Å². The standard InChI is InChI=1S/C14H13BrO2S/c1-11(12-6-3-2-4-7-12)18(16,17)14-9-5-8-13(15)10-14/h2-11H,1H3. The minimum absolute atomic E-state index is 0.341. The van der Waals surface area contributed by atoms with E-state index in [4.69, 9.17) is 0 Å². The monoisotopic (exact) mass is 324 g/mol. The van der Waals surface area contributed by atoms with E-state index >= 15 is 0 Å². The Bertz CT molecular complexity index is 636. The zero-order valence-electron chi connectivity index (χ0n) is 9.88. The van der Waals surface area contributed by atoms with Crippen molar-refractivity contribution in [2.45, 2.75) is 17.1 Å². The van der Waals surface area contributed by atoms with Gasteiger partial charge in [0.15, 0.2) is 9.84 Å². The van der Waals surface area contributed by atoms with E-state index < -0.39 is 15.1 Å². The quantitative estimate of drug-likeness (QED) is 0.855. The van der Waals surface area contributed by atoms with Crippen LogP contribution >= 0.6 is 15.9 Å². The van der Waals surface area contributed by atoms with Crippen LogP contribution in [0.5, 0.6) is 0 Å². The highest BCUT2D eigenvalue weighted by molar-refractivity contribution is 9.10. The van der Waals surface area contributed by atoms with Gasteiger partial charge in [0.05, 0.1) is 10.1 Å². The fraction of sp³-hybridized carbons (Fsp3) is 0.143. The molecule has 1 unspecified atom stereocenters. The molecule has 1 atom stereocenters. The Morgan fingerprint density at radius 2 is 1.67 bits per heavy atom. The van der Waals surface area contributed by atoms with Crippen molar-refractivity contribution >= 4 is 25.8 Å². The fourth-order valence-corrected chi connectivity index (χ4v) is 3.79. The van der Waals surface area contributed by atoms with Gasteiger partial charge in [-0.1, -0.05) is 52.3 Å². The Morgan fingerprint density at radius 1 is 1.00 bits per heavy atom. The molecule has 2 rings (SSSR count). The van der Waals surface area contributed by atoms with Crippen LogP contribution < -0.4 is 0 Å². The van der Waals surface area contributed by atoms with Crippen molar-refractivity contribution in [2.75, 3.05) is 0 Å². The molecule has 0 amide bonds. The molecule has 0 N–H and O–H groups in total. The van der Waals surface area contributed by atoms with Gasteiger partial charge in [0.2, 0.25) is 0 Å². The van der Waals surface area contributed by atoms with E-state index in [0.717, 1.165) is 10.0 Å². The normalized spacial score (nSPS) is 13.2. The van der Waals surface area contributed by atoms with Crippen LogP contribution in [0.1, 0.15) is 17.7 Å².